The van der Waals surface area contributed by atoms with E-state index in [0.717, 1.165) is 38.5 Å². The summed E-state index contributed by atoms with van der Waals surface area (Å²) in [5.41, 5.74) is 0.269. The molecule has 0 rings (SSSR count). The molecular formula is C19H37O5P. The van der Waals surface area contributed by atoms with Crippen LogP contribution in [0.4, 0.5) is 0 Å². The standard InChI is InChI=1S/C19H37O5P/c1-5-7-9-11-13-15-23-25(21,17-22-19(20)18(3)4)24-16-14-12-10-8-6-2/h3,5-17H2,1-2,4H3. The van der Waals surface area contributed by atoms with Crippen molar-refractivity contribution in [3.63, 3.8) is 0 Å². The summed E-state index contributed by atoms with van der Waals surface area (Å²) in [5.74, 6) is -0.571. The van der Waals surface area contributed by atoms with E-state index in [2.05, 4.69) is 20.4 Å². The van der Waals surface area contributed by atoms with Gasteiger partial charge >= 0.3 is 13.6 Å². The lowest BCUT2D eigenvalue weighted by Crippen LogP contribution is -2.10. The normalized spacial score (nSPS) is 11.5. The number of hydrogen-bond acceptors (Lipinski definition) is 5. The van der Waals surface area contributed by atoms with Gasteiger partial charge in [-0.25, -0.2) is 4.79 Å². The molecule has 25 heavy (non-hydrogen) atoms. The fourth-order valence-electron chi connectivity index (χ4n) is 2.19. The highest BCUT2D eigenvalue weighted by molar-refractivity contribution is 7.53. The Morgan fingerprint density at radius 3 is 1.68 bits per heavy atom. The zero-order chi connectivity index (χ0) is 19.0. The third-order valence-corrected chi connectivity index (χ3v) is 5.37. The molecule has 0 aromatic carbocycles. The van der Waals surface area contributed by atoms with Crippen molar-refractivity contribution in [2.45, 2.75) is 85.0 Å². The van der Waals surface area contributed by atoms with Crippen LogP contribution in [0, 0.1) is 0 Å². The second kappa shape index (κ2) is 15.6. The Bertz CT molecular complexity index is 389. The van der Waals surface area contributed by atoms with Crippen LogP contribution in [-0.2, 0) is 23.1 Å². The topological polar surface area (TPSA) is 61.8 Å². The van der Waals surface area contributed by atoms with Crippen molar-refractivity contribution >= 4 is 13.6 Å². The highest BCUT2D eigenvalue weighted by Crippen LogP contribution is 2.48. The molecule has 0 aromatic heterocycles. The molecule has 0 aliphatic heterocycles. The molecule has 0 fully saturated rings. The van der Waals surface area contributed by atoms with Gasteiger partial charge < -0.3 is 13.8 Å². The molecule has 0 saturated carbocycles. The van der Waals surface area contributed by atoms with Crippen molar-refractivity contribution in [1.29, 1.82) is 0 Å². The Morgan fingerprint density at radius 2 is 1.28 bits per heavy atom. The number of unbranched alkanes of at least 4 members (excludes halogenated alkanes) is 8. The summed E-state index contributed by atoms with van der Waals surface area (Å²) in [6, 6.07) is 0. The highest BCUT2D eigenvalue weighted by Gasteiger charge is 2.27. The van der Waals surface area contributed by atoms with Crippen molar-refractivity contribution in [1.82, 2.24) is 0 Å². The Kier molecular flexibility index (Phi) is 15.2. The average molecular weight is 376 g/mol. The molecule has 0 radical (unpaired) electrons. The smallest absolute Gasteiger partial charge is 0.367 e. The number of hydrogen-bond donors (Lipinski definition) is 0. The first-order chi connectivity index (χ1) is 11.9. The minimum Gasteiger partial charge on any atom is -0.449 e. The molecule has 0 aliphatic rings. The number of rotatable bonds is 17. The van der Waals surface area contributed by atoms with Crippen LogP contribution in [0.15, 0.2) is 12.2 Å². The maximum atomic E-state index is 12.8. The summed E-state index contributed by atoms with van der Waals surface area (Å²) >= 11 is 0. The minimum absolute atomic E-state index is 0.269. The van der Waals surface area contributed by atoms with Crippen molar-refractivity contribution in [3.05, 3.63) is 12.2 Å². The molecule has 5 nitrogen and oxygen atoms in total. The van der Waals surface area contributed by atoms with Gasteiger partial charge in [-0.2, -0.15) is 0 Å². The number of carbonyl (C=O) groups excluding carboxylic acids is 1. The Labute approximate surface area is 154 Å². The fraction of sp³-hybridized carbons (Fsp3) is 0.842. The lowest BCUT2D eigenvalue weighted by molar-refractivity contribution is -0.137. The van der Waals surface area contributed by atoms with Gasteiger partial charge in [0.1, 0.15) is 0 Å². The summed E-state index contributed by atoms with van der Waals surface area (Å²) in [5, 5.41) is 0. The zero-order valence-corrected chi connectivity index (χ0v) is 17.3. The van der Waals surface area contributed by atoms with Crippen molar-refractivity contribution in [3.8, 4) is 0 Å². The van der Waals surface area contributed by atoms with Gasteiger partial charge in [0.15, 0.2) is 6.35 Å². The largest absolute Gasteiger partial charge is 0.449 e. The van der Waals surface area contributed by atoms with Crippen molar-refractivity contribution < 1.29 is 23.1 Å². The summed E-state index contributed by atoms with van der Waals surface area (Å²) in [6.07, 6.45) is 10.4. The lowest BCUT2D eigenvalue weighted by atomic mass is 10.2. The van der Waals surface area contributed by atoms with Crippen molar-refractivity contribution in [2.24, 2.45) is 0 Å². The van der Waals surface area contributed by atoms with E-state index >= 15 is 0 Å². The monoisotopic (exact) mass is 376 g/mol. The molecule has 0 N–H and O–H groups in total. The predicted molar refractivity (Wildman–Crippen MR) is 103 cm³/mol. The van der Waals surface area contributed by atoms with E-state index in [1.54, 1.807) is 6.92 Å². The molecular weight excluding hydrogens is 339 g/mol. The number of esters is 1. The van der Waals surface area contributed by atoms with Gasteiger partial charge in [-0.05, 0) is 19.8 Å². The van der Waals surface area contributed by atoms with Gasteiger partial charge in [0.2, 0.25) is 0 Å². The van der Waals surface area contributed by atoms with Crippen molar-refractivity contribution in [2.75, 3.05) is 19.6 Å². The Hall–Kier alpha value is -0.640. The fourth-order valence-corrected chi connectivity index (χ4v) is 3.50. The SMILES string of the molecule is C=C(C)C(=O)OCP(=O)(OCCCCCCC)OCCCCCCC. The van der Waals surface area contributed by atoms with Gasteiger partial charge in [0.25, 0.3) is 0 Å². The quantitative estimate of drug-likeness (QED) is 0.130. The maximum Gasteiger partial charge on any atom is 0.367 e. The second-order valence-corrected chi connectivity index (χ2v) is 8.44. The van der Waals surface area contributed by atoms with E-state index in [0.29, 0.717) is 13.2 Å². The van der Waals surface area contributed by atoms with Crippen LogP contribution in [0.1, 0.15) is 85.0 Å². The Balaban J connectivity index is 4.26. The van der Waals surface area contributed by atoms with E-state index in [1.807, 2.05) is 0 Å². The zero-order valence-electron chi connectivity index (χ0n) is 16.4. The van der Waals surface area contributed by atoms with Crippen LogP contribution in [0.25, 0.3) is 0 Å². The van der Waals surface area contributed by atoms with Crippen LogP contribution in [0.5, 0.6) is 0 Å². The first kappa shape index (κ1) is 24.4. The molecule has 0 atom stereocenters. The Morgan fingerprint density at radius 1 is 0.840 bits per heavy atom. The number of carbonyl (C=O) groups is 1. The minimum atomic E-state index is -3.41. The first-order valence-corrected chi connectivity index (χ1v) is 11.4. The van der Waals surface area contributed by atoms with E-state index in [4.69, 9.17) is 13.8 Å². The molecule has 0 spiro atoms. The van der Waals surface area contributed by atoms with Crippen LogP contribution in [-0.4, -0.2) is 25.5 Å². The van der Waals surface area contributed by atoms with Crippen LogP contribution >= 0.6 is 7.60 Å². The summed E-state index contributed by atoms with van der Waals surface area (Å²) in [7, 11) is -3.41. The molecule has 0 aromatic rings. The molecule has 0 aliphatic carbocycles. The van der Waals surface area contributed by atoms with Gasteiger partial charge in [0, 0.05) is 5.57 Å². The predicted octanol–water partition coefficient (Wildman–Crippen LogP) is 6.23. The molecule has 0 amide bonds. The van der Waals surface area contributed by atoms with Crippen LogP contribution < -0.4 is 0 Å². The average Bonchev–Trinajstić information content (AvgIpc) is 2.59. The molecule has 0 heterocycles. The summed E-state index contributed by atoms with van der Waals surface area (Å²) in [4.78, 5) is 11.5. The summed E-state index contributed by atoms with van der Waals surface area (Å²) < 4.78 is 28.8. The second-order valence-electron chi connectivity index (χ2n) is 6.45. The lowest BCUT2D eigenvalue weighted by Gasteiger charge is -2.18. The molecule has 6 heteroatoms. The van der Waals surface area contributed by atoms with E-state index in [-0.39, 0.29) is 11.9 Å². The van der Waals surface area contributed by atoms with E-state index < -0.39 is 13.6 Å². The molecule has 0 saturated heterocycles. The number of ether oxygens (including phenoxy) is 1. The molecule has 0 bridgehead atoms. The third kappa shape index (κ3) is 14.2. The molecule has 0 unspecified atom stereocenters. The first-order valence-electron chi connectivity index (χ1n) is 9.66. The van der Waals surface area contributed by atoms with Gasteiger partial charge in [-0.3, -0.25) is 4.57 Å². The van der Waals surface area contributed by atoms with Crippen LogP contribution in [0.3, 0.4) is 0 Å². The maximum absolute atomic E-state index is 12.8. The molecule has 148 valence electrons. The highest BCUT2D eigenvalue weighted by atomic mass is 31.2. The van der Waals surface area contributed by atoms with Crippen LogP contribution in [0.2, 0.25) is 0 Å². The van der Waals surface area contributed by atoms with Gasteiger partial charge in [-0.15, -0.1) is 0 Å². The third-order valence-electron chi connectivity index (χ3n) is 3.77. The van der Waals surface area contributed by atoms with E-state index in [9.17, 15) is 9.36 Å². The van der Waals surface area contributed by atoms with Gasteiger partial charge in [0.05, 0.1) is 13.2 Å². The van der Waals surface area contributed by atoms with E-state index in [1.165, 1.54) is 25.7 Å². The van der Waals surface area contributed by atoms with Gasteiger partial charge in [-0.1, -0.05) is 71.8 Å². The summed E-state index contributed by atoms with van der Waals surface area (Å²) in [6.45, 7) is 10.1.